The monoisotopic (exact) mass is 331 g/mol. The Labute approximate surface area is 124 Å². The number of hydrogen-bond donors (Lipinski definition) is 1. The number of pyridine rings is 1. The van der Waals surface area contributed by atoms with Crippen LogP contribution in [0.3, 0.4) is 0 Å². The maximum absolute atomic E-state index is 11.9. The number of aryl methyl sites for hydroxylation is 2. The van der Waals surface area contributed by atoms with Gasteiger partial charge in [0.25, 0.3) is 15.0 Å². The molecule has 0 aromatic carbocycles. The van der Waals surface area contributed by atoms with Crippen molar-refractivity contribution < 1.29 is 13.2 Å². The Hall–Kier alpha value is -1.51. The number of rotatable bonds is 3. The molecule has 1 N–H and O–H groups in total. The fourth-order valence-corrected chi connectivity index (χ4v) is 3.84. The first-order valence-electron chi connectivity index (χ1n) is 5.44. The summed E-state index contributed by atoms with van der Waals surface area (Å²) in [6.45, 7) is 3.27. The summed E-state index contributed by atoms with van der Waals surface area (Å²) < 4.78 is 22.5. The largest absolute Gasteiger partial charge is 0.296 e. The van der Waals surface area contributed by atoms with Gasteiger partial charge in [-0.05, 0) is 26.0 Å². The van der Waals surface area contributed by atoms with E-state index in [0.717, 1.165) is 11.3 Å². The highest BCUT2D eigenvalue weighted by Crippen LogP contribution is 2.29. The van der Waals surface area contributed by atoms with Crippen LogP contribution < -0.4 is 5.32 Å². The molecule has 20 heavy (non-hydrogen) atoms. The number of aromatic nitrogens is 2. The molecule has 2 heterocycles. The van der Waals surface area contributed by atoms with Crippen molar-refractivity contribution in [1.82, 2.24) is 9.97 Å². The molecule has 0 saturated carbocycles. The minimum atomic E-state index is -3.86. The van der Waals surface area contributed by atoms with Crippen molar-refractivity contribution in [2.45, 2.75) is 18.1 Å². The first kappa shape index (κ1) is 14.9. The van der Waals surface area contributed by atoms with Crippen molar-refractivity contribution in [2.75, 3.05) is 5.32 Å². The number of carbonyl (C=O) groups excluding carboxylic acids is 1. The van der Waals surface area contributed by atoms with Gasteiger partial charge in [0.05, 0.1) is 5.69 Å². The average Bonchev–Trinajstić information content (AvgIpc) is 2.70. The number of anilines is 1. The molecular weight excluding hydrogens is 322 g/mol. The lowest BCUT2D eigenvalue weighted by Crippen LogP contribution is -2.13. The van der Waals surface area contributed by atoms with Crippen molar-refractivity contribution >= 4 is 42.1 Å². The van der Waals surface area contributed by atoms with Gasteiger partial charge in [-0.25, -0.2) is 18.4 Å². The number of amides is 1. The van der Waals surface area contributed by atoms with E-state index < -0.39 is 15.0 Å². The van der Waals surface area contributed by atoms with E-state index in [1.54, 1.807) is 25.1 Å². The molecule has 0 bridgehead atoms. The summed E-state index contributed by atoms with van der Waals surface area (Å²) in [6, 6.07) is 5.03. The van der Waals surface area contributed by atoms with E-state index in [-0.39, 0.29) is 20.7 Å². The van der Waals surface area contributed by atoms with E-state index in [4.69, 9.17) is 10.7 Å². The summed E-state index contributed by atoms with van der Waals surface area (Å²) in [6.07, 6.45) is 0. The number of nitrogens with one attached hydrogen (secondary N) is 1. The molecule has 1 amide bonds. The Morgan fingerprint density at radius 3 is 2.55 bits per heavy atom. The predicted octanol–water partition coefficient (Wildman–Crippen LogP) is 2.33. The SMILES string of the molecule is Cc1cccc(C(=O)Nc2nc(C)c(S(=O)(=O)Cl)s2)n1. The zero-order valence-corrected chi connectivity index (χ0v) is 12.9. The zero-order chi connectivity index (χ0) is 14.9. The molecule has 0 aliphatic rings. The second-order valence-electron chi connectivity index (χ2n) is 3.95. The summed E-state index contributed by atoms with van der Waals surface area (Å²) in [5.74, 6) is -0.457. The van der Waals surface area contributed by atoms with Crippen LogP contribution in [-0.2, 0) is 9.05 Å². The molecular formula is C11H10ClN3O3S2. The summed E-state index contributed by atoms with van der Waals surface area (Å²) in [5, 5.41) is 2.66. The zero-order valence-electron chi connectivity index (χ0n) is 10.5. The normalized spacial score (nSPS) is 11.3. The Kier molecular flexibility index (Phi) is 4.07. The van der Waals surface area contributed by atoms with E-state index in [0.29, 0.717) is 5.69 Å². The third-order valence-corrected chi connectivity index (χ3v) is 5.57. The smallest absolute Gasteiger partial charge is 0.276 e. The van der Waals surface area contributed by atoms with E-state index in [9.17, 15) is 13.2 Å². The number of nitrogens with zero attached hydrogens (tertiary/aromatic N) is 2. The number of hydrogen-bond acceptors (Lipinski definition) is 6. The lowest BCUT2D eigenvalue weighted by atomic mass is 10.3. The molecule has 9 heteroatoms. The Morgan fingerprint density at radius 2 is 2.00 bits per heavy atom. The van der Waals surface area contributed by atoms with Gasteiger partial charge in [-0.1, -0.05) is 17.4 Å². The van der Waals surface area contributed by atoms with Gasteiger partial charge < -0.3 is 0 Å². The lowest BCUT2D eigenvalue weighted by molar-refractivity contribution is 0.102. The summed E-state index contributed by atoms with van der Waals surface area (Å²) >= 11 is 0.803. The molecule has 2 aromatic rings. The molecule has 0 atom stereocenters. The quantitative estimate of drug-likeness (QED) is 0.872. The van der Waals surface area contributed by atoms with E-state index in [1.807, 2.05) is 0 Å². The van der Waals surface area contributed by atoms with Crippen LogP contribution in [-0.4, -0.2) is 24.3 Å². The van der Waals surface area contributed by atoms with Crippen LogP contribution in [0.25, 0.3) is 0 Å². The molecule has 0 spiro atoms. The first-order chi connectivity index (χ1) is 9.27. The van der Waals surface area contributed by atoms with Crippen molar-refractivity contribution in [3.8, 4) is 0 Å². The maximum Gasteiger partial charge on any atom is 0.276 e. The van der Waals surface area contributed by atoms with Gasteiger partial charge >= 0.3 is 0 Å². The fourth-order valence-electron chi connectivity index (χ4n) is 1.49. The highest BCUT2D eigenvalue weighted by molar-refractivity contribution is 8.15. The van der Waals surface area contributed by atoms with Crippen LogP contribution in [0.1, 0.15) is 21.9 Å². The first-order valence-corrected chi connectivity index (χ1v) is 8.57. The topological polar surface area (TPSA) is 89.0 Å². The molecule has 0 radical (unpaired) electrons. The number of carbonyl (C=O) groups is 1. The van der Waals surface area contributed by atoms with Gasteiger partial charge in [0.15, 0.2) is 9.34 Å². The van der Waals surface area contributed by atoms with Crippen molar-refractivity contribution in [3.05, 3.63) is 35.3 Å². The van der Waals surface area contributed by atoms with Gasteiger partial charge in [-0.15, -0.1) is 0 Å². The second kappa shape index (κ2) is 5.47. The van der Waals surface area contributed by atoms with Crippen LogP contribution in [0.4, 0.5) is 5.13 Å². The van der Waals surface area contributed by atoms with Gasteiger partial charge in [0.1, 0.15) is 5.69 Å². The standard InChI is InChI=1S/C11H10ClN3O3S2/c1-6-4-3-5-8(13-6)9(16)15-11-14-7(2)10(19-11)20(12,17)18/h3-5H,1-2H3,(H,14,15,16). The molecule has 0 aliphatic carbocycles. The maximum atomic E-state index is 11.9. The van der Waals surface area contributed by atoms with E-state index in [1.165, 1.54) is 6.92 Å². The number of thiazole rings is 1. The third-order valence-electron chi connectivity index (χ3n) is 2.32. The van der Waals surface area contributed by atoms with Crippen molar-refractivity contribution in [3.63, 3.8) is 0 Å². The van der Waals surface area contributed by atoms with Crippen LogP contribution >= 0.6 is 22.0 Å². The highest BCUT2D eigenvalue weighted by Gasteiger charge is 2.20. The van der Waals surface area contributed by atoms with Crippen LogP contribution in [0, 0.1) is 13.8 Å². The Morgan fingerprint density at radius 1 is 1.30 bits per heavy atom. The van der Waals surface area contributed by atoms with Crippen LogP contribution in [0.15, 0.2) is 22.4 Å². The molecule has 2 aromatic heterocycles. The molecule has 0 saturated heterocycles. The van der Waals surface area contributed by atoms with Crippen molar-refractivity contribution in [2.24, 2.45) is 0 Å². The fraction of sp³-hybridized carbons (Fsp3) is 0.182. The average molecular weight is 332 g/mol. The Bertz CT molecular complexity index is 771. The van der Waals surface area contributed by atoms with Crippen molar-refractivity contribution in [1.29, 1.82) is 0 Å². The summed E-state index contributed by atoms with van der Waals surface area (Å²) in [5.41, 5.74) is 1.18. The molecule has 2 rings (SSSR count). The predicted molar refractivity (Wildman–Crippen MR) is 76.8 cm³/mol. The molecule has 6 nitrogen and oxygen atoms in total. The minimum absolute atomic E-state index is 0.0772. The molecule has 0 fully saturated rings. The van der Waals surface area contributed by atoms with Gasteiger partial charge in [0, 0.05) is 16.4 Å². The van der Waals surface area contributed by atoms with Gasteiger partial charge in [0.2, 0.25) is 0 Å². The lowest BCUT2D eigenvalue weighted by Gasteiger charge is -2.01. The van der Waals surface area contributed by atoms with E-state index >= 15 is 0 Å². The van der Waals surface area contributed by atoms with E-state index in [2.05, 4.69) is 15.3 Å². The van der Waals surface area contributed by atoms with Crippen LogP contribution in [0.5, 0.6) is 0 Å². The Balaban J connectivity index is 2.25. The molecule has 0 aliphatic heterocycles. The summed E-state index contributed by atoms with van der Waals surface area (Å²) in [7, 11) is 1.41. The minimum Gasteiger partial charge on any atom is -0.296 e. The number of halogens is 1. The van der Waals surface area contributed by atoms with Gasteiger partial charge in [-0.2, -0.15) is 0 Å². The molecule has 0 unspecified atom stereocenters. The third kappa shape index (κ3) is 3.33. The highest BCUT2D eigenvalue weighted by atomic mass is 35.7. The van der Waals surface area contributed by atoms with Gasteiger partial charge in [-0.3, -0.25) is 10.1 Å². The molecule has 106 valence electrons. The van der Waals surface area contributed by atoms with Crippen LogP contribution in [0.2, 0.25) is 0 Å². The second-order valence-corrected chi connectivity index (χ2v) is 7.71. The summed E-state index contributed by atoms with van der Waals surface area (Å²) in [4.78, 5) is 20.0.